The third kappa shape index (κ3) is 4.22. The predicted molar refractivity (Wildman–Crippen MR) is 122 cm³/mol. The number of rotatable bonds is 7. The van der Waals surface area contributed by atoms with Gasteiger partial charge in [0.1, 0.15) is 11.6 Å². The van der Waals surface area contributed by atoms with E-state index in [1.165, 1.54) is 17.7 Å². The zero-order valence-electron chi connectivity index (χ0n) is 17.7. The average Bonchev–Trinajstić information content (AvgIpc) is 3.28. The summed E-state index contributed by atoms with van der Waals surface area (Å²) in [5.74, 6) is 2.01. The molecular weight excluding hydrogens is 407 g/mol. The number of fused-ring (bicyclic) bond motifs is 2. The molecule has 6 heteroatoms. The molecule has 162 valence electrons. The number of methoxy groups -OCH3 is 1. The SMILES string of the molecule is COc1cccc(CCNCc2cc3cc4c(cc3nc2-c2ccc(F)cc2)OCO4)c1. The van der Waals surface area contributed by atoms with Crippen molar-refractivity contribution in [3.05, 3.63) is 83.7 Å². The van der Waals surface area contributed by atoms with E-state index in [0.29, 0.717) is 12.3 Å². The molecule has 1 N–H and O–H groups in total. The Morgan fingerprint density at radius 1 is 1.00 bits per heavy atom. The molecule has 0 saturated heterocycles. The van der Waals surface area contributed by atoms with Crippen LogP contribution in [0.3, 0.4) is 0 Å². The molecular formula is C26H23FN2O3. The molecule has 1 aromatic heterocycles. The topological polar surface area (TPSA) is 52.6 Å². The van der Waals surface area contributed by atoms with Crippen LogP contribution in [0.25, 0.3) is 22.2 Å². The molecule has 4 aromatic rings. The summed E-state index contributed by atoms with van der Waals surface area (Å²) in [6.07, 6.45) is 0.878. The van der Waals surface area contributed by atoms with Crippen molar-refractivity contribution in [1.29, 1.82) is 0 Å². The van der Waals surface area contributed by atoms with Gasteiger partial charge in [0.15, 0.2) is 11.5 Å². The van der Waals surface area contributed by atoms with Gasteiger partial charge in [-0.2, -0.15) is 0 Å². The average molecular weight is 430 g/mol. The summed E-state index contributed by atoms with van der Waals surface area (Å²) in [5, 5.41) is 4.49. The molecule has 0 fully saturated rings. The number of nitrogens with one attached hydrogen (secondary N) is 1. The first kappa shape index (κ1) is 20.3. The molecule has 1 aliphatic heterocycles. The smallest absolute Gasteiger partial charge is 0.231 e. The van der Waals surface area contributed by atoms with Gasteiger partial charge in [0, 0.05) is 23.6 Å². The summed E-state index contributed by atoms with van der Waals surface area (Å²) >= 11 is 0. The van der Waals surface area contributed by atoms with Crippen molar-refractivity contribution in [2.45, 2.75) is 13.0 Å². The molecule has 1 aliphatic rings. The highest BCUT2D eigenvalue weighted by Gasteiger charge is 2.17. The summed E-state index contributed by atoms with van der Waals surface area (Å²) < 4.78 is 29.8. The molecule has 3 aromatic carbocycles. The quantitative estimate of drug-likeness (QED) is 0.413. The van der Waals surface area contributed by atoms with Crippen LogP contribution in [0.4, 0.5) is 4.39 Å². The van der Waals surface area contributed by atoms with Gasteiger partial charge in [-0.05, 0) is 72.6 Å². The summed E-state index contributed by atoms with van der Waals surface area (Å²) in [6, 6.07) is 20.5. The minimum absolute atomic E-state index is 0.217. The van der Waals surface area contributed by atoms with Gasteiger partial charge in [0.2, 0.25) is 6.79 Å². The lowest BCUT2D eigenvalue weighted by molar-refractivity contribution is 0.174. The molecule has 2 heterocycles. The first-order chi connectivity index (χ1) is 15.7. The molecule has 0 radical (unpaired) electrons. The maximum Gasteiger partial charge on any atom is 0.231 e. The van der Waals surface area contributed by atoms with E-state index in [4.69, 9.17) is 19.2 Å². The zero-order valence-corrected chi connectivity index (χ0v) is 17.7. The maximum atomic E-state index is 13.5. The number of benzene rings is 3. The lowest BCUT2D eigenvalue weighted by Gasteiger charge is -2.13. The van der Waals surface area contributed by atoms with Crippen molar-refractivity contribution in [3.63, 3.8) is 0 Å². The van der Waals surface area contributed by atoms with Gasteiger partial charge >= 0.3 is 0 Å². The molecule has 0 amide bonds. The number of hydrogen-bond donors (Lipinski definition) is 1. The van der Waals surface area contributed by atoms with Gasteiger partial charge in [-0.25, -0.2) is 9.37 Å². The van der Waals surface area contributed by atoms with Crippen LogP contribution in [0.5, 0.6) is 17.2 Å². The van der Waals surface area contributed by atoms with Gasteiger partial charge in [0.05, 0.1) is 18.3 Å². The van der Waals surface area contributed by atoms with Crippen molar-refractivity contribution in [2.75, 3.05) is 20.4 Å². The Balaban J connectivity index is 1.41. The van der Waals surface area contributed by atoms with Crippen molar-refractivity contribution in [1.82, 2.24) is 10.3 Å². The zero-order chi connectivity index (χ0) is 21.9. The van der Waals surface area contributed by atoms with Gasteiger partial charge < -0.3 is 19.5 Å². The van der Waals surface area contributed by atoms with Gasteiger partial charge in [-0.3, -0.25) is 0 Å². The largest absolute Gasteiger partial charge is 0.497 e. The first-order valence-electron chi connectivity index (χ1n) is 10.5. The number of halogens is 1. The second kappa shape index (κ2) is 8.85. The highest BCUT2D eigenvalue weighted by atomic mass is 19.1. The lowest BCUT2D eigenvalue weighted by atomic mass is 10.0. The Labute approximate surface area is 185 Å². The molecule has 32 heavy (non-hydrogen) atoms. The molecule has 0 aliphatic carbocycles. The van der Waals surface area contributed by atoms with Crippen LogP contribution in [0.1, 0.15) is 11.1 Å². The second-order valence-corrected chi connectivity index (χ2v) is 7.68. The lowest BCUT2D eigenvalue weighted by Crippen LogP contribution is -2.17. The Morgan fingerprint density at radius 3 is 2.62 bits per heavy atom. The number of hydrogen-bond acceptors (Lipinski definition) is 5. The Morgan fingerprint density at radius 2 is 1.81 bits per heavy atom. The van der Waals surface area contributed by atoms with E-state index in [1.54, 1.807) is 19.2 Å². The summed E-state index contributed by atoms with van der Waals surface area (Å²) in [5.41, 5.74) is 4.75. The van der Waals surface area contributed by atoms with Crippen molar-refractivity contribution in [3.8, 4) is 28.5 Å². The van der Waals surface area contributed by atoms with E-state index < -0.39 is 0 Å². The van der Waals surface area contributed by atoms with Gasteiger partial charge in [-0.15, -0.1) is 0 Å². The highest BCUT2D eigenvalue weighted by molar-refractivity contribution is 5.86. The molecule has 0 spiro atoms. The normalized spacial score (nSPS) is 12.3. The van der Waals surface area contributed by atoms with Crippen LogP contribution in [0.2, 0.25) is 0 Å². The minimum atomic E-state index is -0.268. The van der Waals surface area contributed by atoms with Crippen LogP contribution >= 0.6 is 0 Å². The Bertz CT molecular complexity index is 1260. The number of ether oxygens (including phenoxy) is 3. The minimum Gasteiger partial charge on any atom is -0.497 e. The van der Waals surface area contributed by atoms with E-state index in [9.17, 15) is 4.39 Å². The Kier molecular flexibility index (Phi) is 5.60. The number of pyridine rings is 1. The van der Waals surface area contributed by atoms with Crippen molar-refractivity contribution < 1.29 is 18.6 Å². The van der Waals surface area contributed by atoms with E-state index in [-0.39, 0.29) is 12.6 Å². The van der Waals surface area contributed by atoms with Crippen LogP contribution in [-0.2, 0) is 13.0 Å². The fourth-order valence-electron chi connectivity index (χ4n) is 3.88. The van der Waals surface area contributed by atoms with Crippen LogP contribution in [-0.4, -0.2) is 25.4 Å². The summed E-state index contributed by atoms with van der Waals surface area (Å²) in [7, 11) is 1.67. The summed E-state index contributed by atoms with van der Waals surface area (Å²) in [4.78, 5) is 4.90. The maximum absolute atomic E-state index is 13.5. The standard InChI is InChI=1S/C26H23FN2O3/c1-30-22-4-2-3-17(11-22)9-10-28-15-20-12-19-13-24-25(32-16-31-24)14-23(19)29-26(20)18-5-7-21(27)8-6-18/h2-8,11-14,28H,9-10,15-16H2,1H3. The van der Waals surface area contributed by atoms with Gasteiger partial charge in [-0.1, -0.05) is 12.1 Å². The van der Waals surface area contributed by atoms with E-state index in [2.05, 4.69) is 17.4 Å². The first-order valence-corrected chi connectivity index (χ1v) is 10.5. The van der Waals surface area contributed by atoms with Crippen LogP contribution in [0, 0.1) is 5.82 Å². The monoisotopic (exact) mass is 430 g/mol. The van der Waals surface area contributed by atoms with Gasteiger partial charge in [0.25, 0.3) is 0 Å². The molecule has 0 unspecified atom stereocenters. The summed E-state index contributed by atoms with van der Waals surface area (Å²) in [6.45, 7) is 1.65. The molecule has 0 saturated carbocycles. The third-order valence-electron chi connectivity index (χ3n) is 5.55. The number of nitrogens with zero attached hydrogens (tertiary/aromatic N) is 1. The molecule has 0 atom stereocenters. The van der Waals surface area contributed by atoms with E-state index >= 15 is 0 Å². The van der Waals surface area contributed by atoms with Crippen LogP contribution < -0.4 is 19.5 Å². The predicted octanol–water partition coefficient (Wildman–Crippen LogP) is 5.11. The molecule has 5 rings (SSSR count). The fraction of sp³-hybridized carbons (Fsp3) is 0.192. The fourth-order valence-corrected chi connectivity index (χ4v) is 3.88. The van der Waals surface area contributed by atoms with Crippen LogP contribution in [0.15, 0.2) is 66.7 Å². The Hall–Kier alpha value is -3.64. The number of aromatic nitrogens is 1. The van der Waals surface area contributed by atoms with Crippen molar-refractivity contribution >= 4 is 10.9 Å². The molecule has 5 nitrogen and oxygen atoms in total. The molecule has 0 bridgehead atoms. The third-order valence-corrected chi connectivity index (χ3v) is 5.55. The van der Waals surface area contributed by atoms with E-state index in [0.717, 1.165) is 52.2 Å². The van der Waals surface area contributed by atoms with E-state index in [1.807, 2.05) is 30.3 Å². The highest BCUT2D eigenvalue weighted by Crippen LogP contribution is 2.37. The second-order valence-electron chi connectivity index (χ2n) is 7.68. The van der Waals surface area contributed by atoms with Crippen molar-refractivity contribution in [2.24, 2.45) is 0 Å².